The fourth-order valence-electron chi connectivity index (χ4n) is 2.03. The summed E-state index contributed by atoms with van der Waals surface area (Å²) in [5, 5.41) is 11.7. The maximum absolute atomic E-state index is 12.0. The number of benzene rings is 1. The van der Waals surface area contributed by atoms with E-state index in [1.807, 2.05) is 31.2 Å². The quantitative estimate of drug-likeness (QED) is 0.831. The van der Waals surface area contributed by atoms with Crippen molar-refractivity contribution in [3.05, 3.63) is 34.3 Å². The van der Waals surface area contributed by atoms with Gasteiger partial charge in [-0.2, -0.15) is 0 Å². The van der Waals surface area contributed by atoms with E-state index in [1.54, 1.807) is 13.8 Å². The molecule has 0 bridgehead atoms. The van der Waals surface area contributed by atoms with Crippen molar-refractivity contribution in [3.8, 4) is 0 Å². The second-order valence-corrected chi connectivity index (χ2v) is 6.67. The van der Waals surface area contributed by atoms with E-state index in [0.717, 1.165) is 10.0 Å². The van der Waals surface area contributed by atoms with Gasteiger partial charge in [-0.15, -0.1) is 0 Å². The molecule has 0 unspecified atom stereocenters. The van der Waals surface area contributed by atoms with Crippen LogP contribution in [0.5, 0.6) is 0 Å². The van der Waals surface area contributed by atoms with E-state index < -0.39 is 11.4 Å². The predicted molar refractivity (Wildman–Crippen MR) is 81.4 cm³/mol. The lowest BCUT2D eigenvalue weighted by Crippen LogP contribution is -2.31. The van der Waals surface area contributed by atoms with Crippen LogP contribution in [0.3, 0.4) is 0 Å². The molecule has 0 spiro atoms. The van der Waals surface area contributed by atoms with Crippen LogP contribution < -0.4 is 5.32 Å². The van der Waals surface area contributed by atoms with Crippen LogP contribution in [-0.2, 0) is 9.59 Å². The molecule has 1 rings (SSSR count). The molecule has 2 N–H and O–H groups in total. The standard InChI is InChI=1S/C15H20BrNO3/c1-10(11-4-6-12(16)7-5-11)17-13(18)8-15(2,3)9-14(19)20/h4-7,10H,8-9H2,1-3H3,(H,17,18)(H,19,20)/t10-/m1/s1. The van der Waals surface area contributed by atoms with E-state index >= 15 is 0 Å². The number of amides is 1. The molecule has 0 aromatic heterocycles. The van der Waals surface area contributed by atoms with Crippen LogP contribution in [0.4, 0.5) is 0 Å². The van der Waals surface area contributed by atoms with Gasteiger partial charge in [0.15, 0.2) is 0 Å². The molecule has 110 valence electrons. The van der Waals surface area contributed by atoms with Crippen LogP contribution in [0.2, 0.25) is 0 Å². The van der Waals surface area contributed by atoms with Crippen LogP contribution in [0.1, 0.15) is 45.2 Å². The number of nitrogens with one attached hydrogen (secondary N) is 1. The third-order valence-corrected chi connectivity index (χ3v) is 3.55. The van der Waals surface area contributed by atoms with Crippen LogP contribution in [0, 0.1) is 5.41 Å². The average molecular weight is 342 g/mol. The first-order chi connectivity index (χ1) is 9.19. The molecule has 1 aromatic rings. The Hall–Kier alpha value is -1.36. The Morgan fingerprint density at radius 1 is 1.25 bits per heavy atom. The molecule has 1 amide bonds. The molecule has 0 aliphatic carbocycles. The second-order valence-electron chi connectivity index (χ2n) is 5.75. The minimum atomic E-state index is -0.885. The van der Waals surface area contributed by atoms with Crippen LogP contribution in [0.25, 0.3) is 0 Å². The largest absolute Gasteiger partial charge is 0.481 e. The molecule has 4 nitrogen and oxygen atoms in total. The Morgan fingerprint density at radius 2 is 1.80 bits per heavy atom. The molecule has 0 heterocycles. The first-order valence-corrected chi connectivity index (χ1v) is 7.25. The first kappa shape index (κ1) is 16.7. The molecule has 1 atom stereocenters. The normalized spacial score (nSPS) is 12.8. The Labute approximate surface area is 127 Å². The molecule has 0 aliphatic heterocycles. The van der Waals surface area contributed by atoms with Crippen LogP contribution in [0.15, 0.2) is 28.7 Å². The number of aliphatic carboxylic acids is 1. The lowest BCUT2D eigenvalue weighted by Gasteiger charge is -2.23. The van der Waals surface area contributed by atoms with E-state index in [-0.39, 0.29) is 24.8 Å². The Balaban J connectivity index is 2.57. The number of hydrogen-bond acceptors (Lipinski definition) is 2. The van der Waals surface area contributed by atoms with E-state index in [0.29, 0.717) is 0 Å². The molecule has 0 fully saturated rings. The van der Waals surface area contributed by atoms with Crippen molar-refractivity contribution in [2.45, 2.75) is 39.7 Å². The average Bonchev–Trinajstić information content (AvgIpc) is 2.26. The second kappa shape index (κ2) is 6.88. The van der Waals surface area contributed by atoms with Gasteiger partial charge in [0.2, 0.25) is 5.91 Å². The molecule has 0 aliphatic rings. The summed E-state index contributed by atoms with van der Waals surface area (Å²) in [5.41, 5.74) is 0.465. The highest BCUT2D eigenvalue weighted by atomic mass is 79.9. The number of carbonyl (C=O) groups is 2. The molecule has 5 heteroatoms. The van der Waals surface area contributed by atoms with Gasteiger partial charge in [-0.05, 0) is 30.0 Å². The zero-order chi connectivity index (χ0) is 15.3. The monoisotopic (exact) mass is 341 g/mol. The number of carboxylic acids is 1. The third-order valence-electron chi connectivity index (χ3n) is 3.02. The van der Waals surface area contributed by atoms with Crippen molar-refractivity contribution in [2.24, 2.45) is 5.41 Å². The summed E-state index contributed by atoms with van der Waals surface area (Å²) in [6, 6.07) is 7.63. The highest BCUT2D eigenvalue weighted by molar-refractivity contribution is 9.10. The van der Waals surface area contributed by atoms with Gasteiger partial charge >= 0.3 is 5.97 Å². The van der Waals surface area contributed by atoms with Gasteiger partial charge in [-0.25, -0.2) is 0 Å². The van der Waals surface area contributed by atoms with E-state index in [4.69, 9.17) is 5.11 Å². The van der Waals surface area contributed by atoms with E-state index in [9.17, 15) is 9.59 Å². The number of carbonyl (C=O) groups excluding carboxylic acids is 1. The van der Waals surface area contributed by atoms with Crippen molar-refractivity contribution in [3.63, 3.8) is 0 Å². The van der Waals surface area contributed by atoms with E-state index in [1.165, 1.54) is 0 Å². The minimum absolute atomic E-state index is 0.0207. The van der Waals surface area contributed by atoms with Gasteiger partial charge in [0.25, 0.3) is 0 Å². The topological polar surface area (TPSA) is 66.4 Å². The maximum Gasteiger partial charge on any atom is 0.303 e. The number of rotatable bonds is 6. The van der Waals surface area contributed by atoms with Crippen LogP contribution in [-0.4, -0.2) is 17.0 Å². The molecule has 20 heavy (non-hydrogen) atoms. The minimum Gasteiger partial charge on any atom is -0.481 e. The fourth-order valence-corrected chi connectivity index (χ4v) is 2.30. The predicted octanol–water partition coefficient (Wildman–Crippen LogP) is 3.52. The SMILES string of the molecule is C[C@@H](NC(=O)CC(C)(C)CC(=O)O)c1ccc(Br)cc1. The first-order valence-electron chi connectivity index (χ1n) is 6.46. The van der Waals surface area contributed by atoms with Gasteiger partial charge in [0.05, 0.1) is 12.5 Å². The number of hydrogen-bond donors (Lipinski definition) is 2. The lowest BCUT2D eigenvalue weighted by atomic mass is 9.85. The summed E-state index contributed by atoms with van der Waals surface area (Å²) in [6.07, 6.45) is 0.174. The van der Waals surface area contributed by atoms with Crippen molar-refractivity contribution in [2.75, 3.05) is 0 Å². The summed E-state index contributed by atoms with van der Waals surface area (Å²) < 4.78 is 0.988. The smallest absolute Gasteiger partial charge is 0.303 e. The number of carboxylic acid groups (broad SMARTS) is 1. The zero-order valence-electron chi connectivity index (χ0n) is 11.9. The molecule has 0 saturated heterocycles. The summed E-state index contributed by atoms with van der Waals surface area (Å²) in [7, 11) is 0. The van der Waals surface area contributed by atoms with Crippen LogP contribution >= 0.6 is 15.9 Å². The van der Waals surface area contributed by atoms with Crippen molar-refractivity contribution >= 4 is 27.8 Å². The Kier molecular flexibility index (Phi) is 5.74. The maximum atomic E-state index is 12.0. The zero-order valence-corrected chi connectivity index (χ0v) is 13.5. The van der Waals surface area contributed by atoms with Gasteiger partial charge in [-0.1, -0.05) is 41.9 Å². The molecule has 0 saturated carbocycles. The number of halogens is 1. The molecular formula is C15H20BrNO3. The Morgan fingerprint density at radius 3 is 2.30 bits per heavy atom. The highest BCUT2D eigenvalue weighted by Gasteiger charge is 2.25. The van der Waals surface area contributed by atoms with E-state index in [2.05, 4.69) is 21.2 Å². The molecule has 1 aromatic carbocycles. The third kappa shape index (κ3) is 5.74. The van der Waals surface area contributed by atoms with Gasteiger partial charge < -0.3 is 10.4 Å². The highest BCUT2D eigenvalue weighted by Crippen LogP contribution is 2.25. The summed E-state index contributed by atoms with van der Waals surface area (Å²) in [5.74, 6) is -1.02. The molecular weight excluding hydrogens is 322 g/mol. The van der Waals surface area contributed by atoms with Gasteiger partial charge in [0, 0.05) is 10.9 Å². The summed E-state index contributed by atoms with van der Waals surface area (Å²) >= 11 is 3.37. The van der Waals surface area contributed by atoms with Gasteiger partial charge in [-0.3, -0.25) is 9.59 Å². The van der Waals surface area contributed by atoms with Crippen molar-refractivity contribution in [1.29, 1.82) is 0 Å². The molecule has 0 radical (unpaired) electrons. The summed E-state index contributed by atoms with van der Waals surface area (Å²) in [4.78, 5) is 22.7. The van der Waals surface area contributed by atoms with Crippen molar-refractivity contribution < 1.29 is 14.7 Å². The Bertz CT molecular complexity index is 482. The lowest BCUT2D eigenvalue weighted by molar-refractivity contribution is -0.139. The summed E-state index contributed by atoms with van der Waals surface area (Å²) in [6.45, 7) is 5.47. The van der Waals surface area contributed by atoms with Crippen molar-refractivity contribution in [1.82, 2.24) is 5.32 Å². The van der Waals surface area contributed by atoms with Gasteiger partial charge in [0.1, 0.15) is 0 Å². The fraction of sp³-hybridized carbons (Fsp3) is 0.467.